The molecule has 0 unspecified atom stereocenters. The molecule has 1 N–H and O–H groups in total. The number of anilines is 1. The molecule has 1 aliphatic carbocycles. The summed E-state index contributed by atoms with van der Waals surface area (Å²) in [4.78, 5) is 4.01. The molecule has 0 radical (unpaired) electrons. The first-order valence-electron chi connectivity index (χ1n) is 4.83. The maximum atomic E-state index is 13.3. The normalized spacial score (nSPS) is 17.3. The van der Waals surface area contributed by atoms with Crippen molar-refractivity contribution in [3.63, 3.8) is 0 Å². The van der Waals surface area contributed by atoms with Crippen LogP contribution in [0, 0.1) is 5.82 Å². The van der Waals surface area contributed by atoms with Crippen molar-refractivity contribution < 1.29 is 4.39 Å². The van der Waals surface area contributed by atoms with E-state index in [2.05, 4.69) is 26.2 Å². The Hall–Kier alpha value is -0.640. The molecule has 0 saturated heterocycles. The topological polar surface area (TPSA) is 24.9 Å². The van der Waals surface area contributed by atoms with Gasteiger partial charge in [0, 0.05) is 16.7 Å². The maximum absolute atomic E-state index is 13.3. The largest absolute Gasteiger partial charge is 0.365 e. The number of hydrogen-bond acceptors (Lipinski definition) is 2. The Morgan fingerprint density at radius 3 is 2.79 bits per heavy atom. The van der Waals surface area contributed by atoms with E-state index < -0.39 is 0 Å². The summed E-state index contributed by atoms with van der Waals surface area (Å²) in [6.45, 7) is 0. The Morgan fingerprint density at radius 2 is 2.14 bits per heavy atom. The molecule has 0 aliphatic heterocycles. The fourth-order valence-electron chi connectivity index (χ4n) is 1.78. The molecule has 1 fully saturated rings. The van der Waals surface area contributed by atoms with E-state index >= 15 is 0 Å². The molecule has 1 aromatic rings. The van der Waals surface area contributed by atoms with Crippen molar-refractivity contribution in [2.45, 2.75) is 31.7 Å². The van der Waals surface area contributed by atoms with Gasteiger partial charge in [0.25, 0.3) is 0 Å². The van der Waals surface area contributed by atoms with Gasteiger partial charge >= 0.3 is 0 Å². The van der Waals surface area contributed by atoms with E-state index in [9.17, 15) is 4.39 Å². The van der Waals surface area contributed by atoms with Crippen LogP contribution < -0.4 is 5.32 Å². The van der Waals surface area contributed by atoms with Gasteiger partial charge in [-0.3, -0.25) is 0 Å². The number of hydrogen-bond donors (Lipinski definition) is 1. The van der Waals surface area contributed by atoms with Gasteiger partial charge in [0.05, 0.1) is 0 Å². The van der Waals surface area contributed by atoms with Crippen molar-refractivity contribution in [1.82, 2.24) is 4.98 Å². The van der Waals surface area contributed by atoms with Gasteiger partial charge in [-0.05, 0) is 34.8 Å². The van der Waals surface area contributed by atoms with Gasteiger partial charge in [-0.25, -0.2) is 9.37 Å². The van der Waals surface area contributed by atoms with Crippen LogP contribution in [0.2, 0.25) is 0 Å². The Balaban J connectivity index is 2.08. The van der Waals surface area contributed by atoms with Crippen LogP contribution in [0.4, 0.5) is 10.2 Å². The summed E-state index contributed by atoms with van der Waals surface area (Å²) in [5, 5.41) is 3.13. The van der Waals surface area contributed by atoms with Gasteiger partial charge in [-0.1, -0.05) is 12.8 Å². The van der Waals surface area contributed by atoms with Gasteiger partial charge in [0.1, 0.15) is 0 Å². The molecule has 14 heavy (non-hydrogen) atoms. The second-order valence-electron chi connectivity index (χ2n) is 3.61. The predicted molar refractivity (Wildman–Crippen MR) is 57.8 cm³/mol. The Bertz CT molecular complexity index is 324. The summed E-state index contributed by atoms with van der Waals surface area (Å²) < 4.78 is 14.0. The highest BCUT2D eigenvalue weighted by Gasteiger charge is 2.16. The summed E-state index contributed by atoms with van der Waals surface area (Å²) >= 11 is 3.18. The number of halogens is 2. The van der Waals surface area contributed by atoms with Crippen molar-refractivity contribution in [2.75, 3.05) is 5.32 Å². The van der Waals surface area contributed by atoms with E-state index in [0.29, 0.717) is 16.3 Å². The average Bonchev–Trinajstić information content (AvgIpc) is 2.62. The van der Waals surface area contributed by atoms with E-state index in [1.165, 1.54) is 18.9 Å². The highest BCUT2D eigenvalue weighted by atomic mass is 79.9. The van der Waals surface area contributed by atoms with Crippen molar-refractivity contribution >= 4 is 21.7 Å². The van der Waals surface area contributed by atoms with E-state index in [4.69, 9.17) is 0 Å². The van der Waals surface area contributed by atoms with E-state index in [1.807, 2.05) is 0 Å². The third-order valence-electron chi connectivity index (χ3n) is 2.50. The van der Waals surface area contributed by atoms with Crippen LogP contribution >= 0.6 is 15.9 Å². The number of rotatable bonds is 2. The monoisotopic (exact) mass is 258 g/mol. The molecule has 1 aliphatic rings. The average molecular weight is 259 g/mol. The first kappa shape index (κ1) is 9.90. The number of aromatic nitrogens is 1. The molecule has 2 rings (SSSR count). The molecule has 0 bridgehead atoms. The third-order valence-corrected chi connectivity index (χ3v) is 2.94. The maximum Gasteiger partial charge on any atom is 0.166 e. The van der Waals surface area contributed by atoms with Gasteiger partial charge < -0.3 is 5.32 Å². The molecule has 0 amide bonds. The first-order valence-corrected chi connectivity index (χ1v) is 5.62. The molecular formula is C10H12BrFN2. The number of nitrogens with one attached hydrogen (secondary N) is 1. The summed E-state index contributed by atoms with van der Waals surface area (Å²) in [5.74, 6) is 0.0892. The second-order valence-corrected chi connectivity index (χ2v) is 4.53. The minimum Gasteiger partial charge on any atom is -0.365 e. The fourth-order valence-corrected chi connectivity index (χ4v) is 2.09. The van der Waals surface area contributed by atoms with Crippen LogP contribution in [0.15, 0.2) is 16.7 Å². The summed E-state index contributed by atoms with van der Waals surface area (Å²) in [6, 6.07) is 1.84. The lowest BCUT2D eigenvalue weighted by Gasteiger charge is -2.12. The lowest BCUT2D eigenvalue weighted by molar-refractivity contribution is 0.616. The van der Waals surface area contributed by atoms with Gasteiger partial charge in [0.2, 0.25) is 0 Å². The molecule has 1 heterocycles. The van der Waals surface area contributed by atoms with Crippen LogP contribution in [0.5, 0.6) is 0 Å². The highest BCUT2D eigenvalue weighted by Crippen LogP contribution is 2.23. The summed E-state index contributed by atoms with van der Waals surface area (Å²) in [7, 11) is 0. The van der Waals surface area contributed by atoms with Gasteiger partial charge in [-0.2, -0.15) is 0 Å². The van der Waals surface area contributed by atoms with Gasteiger partial charge in [-0.15, -0.1) is 0 Å². The number of pyridine rings is 1. The van der Waals surface area contributed by atoms with Crippen molar-refractivity contribution in [2.24, 2.45) is 0 Å². The van der Waals surface area contributed by atoms with Crippen LogP contribution in [-0.4, -0.2) is 11.0 Å². The van der Waals surface area contributed by atoms with E-state index in [1.54, 1.807) is 6.20 Å². The lowest BCUT2D eigenvalue weighted by Crippen LogP contribution is -2.16. The zero-order valence-electron chi connectivity index (χ0n) is 7.76. The molecule has 0 atom stereocenters. The van der Waals surface area contributed by atoms with Crippen LogP contribution in [-0.2, 0) is 0 Å². The molecule has 0 aromatic carbocycles. The molecule has 2 nitrogen and oxygen atoms in total. The third kappa shape index (κ3) is 2.23. The second kappa shape index (κ2) is 4.26. The van der Waals surface area contributed by atoms with Crippen molar-refractivity contribution in [1.29, 1.82) is 0 Å². The van der Waals surface area contributed by atoms with Crippen molar-refractivity contribution in [3.05, 3.63) is 22.6 Å². The molecule has 1 aromatic heterocycles. The quantitative estimate of drug-likeness (QED) is 0.881. The highest BCUT2D eigenvalue weighted by molar-refractivity contribution is 9.10. The van der Waals surface area contributed by atoms with Crippen LogP contribution in [0.1, 0.15) is 25.7 Å². The van der Waals surface area contributed by atoms with Gasteiger partial charge in [0.15, 0.2) is 11.6 Å². The lowest BCUT2D eigenvalue weighted by atomic mass is 10.2. The molecule has 0 spiro atoms. The fraction of sp³-hybridized carbons (Fsp3) is 0.500. The standard InChI is InChI=1S/C10H12BrFN2/c11-7-5-9(12)10(13-6-7)14-8-3-1-2-4-8/h5-6,8H,1-4H2,(H,13,14). The minimum absolute atomic E-state index is 0.286. The summed E-state index contributed by atoms with van der Waals surface area (Å²) in [5.41, 5.74) is 0. The molecule has 76 valence electrons. The SMILES string of the molecule is Fc1cc(Br)cnc1NC1CCCC1. The summed E-state index contributed by atoms with van der Waals surface area (Å²) in [6.07, 6.45) is 6.32. The van der Waals surface area contributed by atoms with Crippen LogP contribution in [0.25, 0.3) is 0 Å². The minimum atomic E-state index is -0.286. The zero-order chi connectivity index (χ0) is 9.97. The van der Waals surface area contributed by atoms with E-state index in [0.717, 1.165) is 12.8 Å². The molecule has 4 heteroatoms. The molecular weight excluding hydrogens is 247 g/mol. The Kier molecular flexibility index (Phi) is 3.01. The van der Waals surface area contributed by atoms with E-state index in [-0.39, 0.29) is 5.82 Å². The smallest absolute Gasteiger partial charge is 0.166 e. The molecule has 1 saturated carbocycles. The number of nitrogens with zero attached hydrogens (tertiary/aromatic N) is 1. The van der Waals surface area contributed by atoms with Crippen molar-refractivity contribution in [3.8, 4) is 0 Å². The Labute approximate surface area is 91.1 Å². The predicted octanol–water partition coefficient (Wildman–Crippen LogP) is 3.34. The van der Waals surface area contributed by atoms with Crippen LogP contribution in [0.3, 0.4) is 0 Å². The Morgan fingerprint density at radius 1 is 1.43 bits per heavy atom. The zero-order valence-corrected chi connectivity index (χ0v) is 9.35. The first-order chi connectivity index (χ1) is 6.75.